The van der Waals surface area contributed by atoms with E-state index in [0.717, 1.165) is 44.7 Å². The molecule has 9 aromatic rings. The summed E-state index contributed by atoms with van der Waals surface area (Å²) in [4.78, 5) is 59.9. The highest BCUT2D eigenvalue weighted by Gasteiger charge is 2.68. The van der Waals surface area contributed by atoms with Crippen LogP contribution in [0.4, 0.5) is 0 Å². The van der Waals surface area contributed by atoms with Gasteiger partial charge in [0, 0.05) is 54.7 Å². The first kappa shape index (κ1) is 74.0. The zero-order chi connectivity index (χ0) is 74.0. The van der Waals surface area contributed by atoms with Crippen molar-refractivity contribution >= 4 is 76.8 Å². The molecule has 9 aromatic carbocycles. The van der Waals surface area contributed by atoms with Crippen LogP contribution in [0, 0.1) is 53.4 Å². The van der Waals surface area contributed by atoms with Gasteiger partial charge in [-0.1, -0.05) is 109 Å². The van der Waals surface area contributed by atoms with Crippen LogP contribution >= 0.6 is 0 Å². The van der Waals surface area contributed by atoms with Crippen LogP contribution in [-0.2, 0) is 104 Å². The van der Waals surface area contributed by atoms with E-state index in [1.807, 2.05) is 77.9 Å². The van der Waals surface area contributed by atoms with Crippen molar-refractivity contribution in [2.75, 3.05) is 26.4 Å². The Morgan fingerprint density at radius 1 is 0.396 bits per heavy atom. The minimum atomic E-state index is -3.66. The molecule has 0 spiro atoms. The lowest BCUT2D eigenvalue weighted by atomic mass is 9.94. The van der Waals surface area contributed by atoms with Crippen molar-refractivity contribution in [3.05, 3.63) is 252 Å². The van der Waals surface area contributed by atoms with Gasteiger partial charge in [-0.15, -0.1) is 0 Å². The maximum absolute atomic E-state index is 12.7. The zero-order valence-corrected chi connectivity index (χ0v) is 63.3. The number of ether oxygens (including phenoxy) is 8. The molecule has 0 radical (unpaired) electrons. The molecule has 106 heavy (non-hydrogen) atoms. The molecule has 5 saturated heterocycles. The molecule has 548 valence electrons. The van der Waals surface area contributed by atoms with Crippen molar-refractivity contribution in [1.82, 2.24) is 0 Å². The molecule has 0 N–H and O–H groups in total. The van der Waals surface area contributed by atoms with E-state index in [2.05, 4.69) is 182 Å². The van der Waals surface area contributed by atoms with E-state index in [4.69, 9.17) is 46.3 Å². The summed E-state index contributed by atoms with van der Waals surface area (Å²) in [6, 6.07) is 75.3. The lowest BCUT2D eigenvalue weighted by Gasteiger charge is -2.25. The molecule has 2 aliphatic carbocycles. The summed E-state index contributed by atoms with van der Waals surface area (Å²) in [5.74, 6) is -0.225. The van der Waals surface area contributed by atoms with E-state index in [1.54, 1.807) is 0 Å². The van der Waals surface area contributed by atoms with Gasteiger partial charge in [0.25, 0.3) is 20.2 Å². The highest BCUT2D eigenvalue weighted by Crippen LogP contribution is 2.56. The van der Waals surface area contributed by atoms with Crippen LogP contribution in [0.3, 0.4) is 0 Å². The Kier molecular flexibility index (Phi) is 22.2. The van der Waals surface area contributed by atoms with Crippen LogP contribution in [0.2, 0.25) is 0 Å². The molecule has 16 rings (SSSR count). The molecule has 4 bridgehead atoms. The summed E-state index contributed by atoms with van der Waals surface area (Å²) < 4.78 is 104. The molecule has 0 amide bonds. The van der Waals surface area contributed by atoms with Crippen LogP contribution in [0.25, 0.3) is 0 Å². The molecule has 11 unspecified atom stereocenters. The van der Waals surface area contributed by atoms with Crippen molar-refractivity contribution in [3.63, 3.8) is 0 Å². The highest BCUT2D eigenvalue weighted by atomic mass is 32.2. The first-order valence-electron chi connectivity index (χ1n) is 35.2. The second kappa shape index (κ2) is 31.9. The van der Waals surface area contributed by atoms with Gasteiger partial charge in [-0.2, -0.15) is 16.8 Å². The Morgan fingerprint density at radius 2 is 0.726 bits per heavy atom. The highest BCUT2D eigenvalue weighted by molar-refractivity contribution is 7.97. The predicted octanol–water partition coefficient (Wildman–Crippen LogP) is 13.4. The number of carbonyl (C=O) groups is 4. The third-order valence-electron chi connectivity index (χ3n) is 19.8. The van der Waals surface area contributed by atoms with Gasteiger partial charge in [0.05, 0.1) is 50.6 Å². The SMILES string of the molecule is Cc1cc([S+](c2ccccc2)c2ccccc2)cc(C)c1OCC(=O)OC1C2CC3C(O2)C1OS3(=O)=O.Cc1cc([S+](c2ccccc2)c2ccccc2)cc(C)c1OCC(=O)OC1C2CC3C1OS(=O)(=O)C3C2.Cc1cc([S+](c2ccccc2)c2ccccc2)cc(C)c1OCC(=O)OC1CCOC1=O. The van der Waals surface area contributed by atoms with Crippen LogP contribution in [0.5, 0.6) is 17.2 Å². The fraction of sp³-hybridized carbons (Fsp3) is 0.301. The average molecular weight is 1530 g/mol. The van der Waals surface area contributed by atoms with Crippen molar-refractivity contribution < 1.29 is 82.3 Å². The van der Waals surface area contributed by atoms with Crippen molar-refractivity contribution in [2.24, 2.45) is 11.8 Å². The van der Waals surface area contributed by atoms with Gasteiger partial charge in [-0.05, 0) is 167 Å². The average Bonchev–Trinajstić information content (AvgIpc) is 1.56. The summed E-state index contributed by atoms with van der Waals surface area (Å²) in [5.41, 5.74) is 5.61. The van der Waals surface area contributed by atoms with Gasteiger partial charge in [0.15, 0.2) is 70.0 Å². The summed E-state index contributed by atoms with van der Waals surface area (Å²) in [7, 11) is -8.04. The molecule has 7 fully saturated rings. The zero-order valence-electron chi connectivity index (χ0n) is 59.2. The summed E-state index contributed by atoms with van der Waals surface area (Å²) >= 11 is 0. The molecule has 11 atom stereocenters. The monoisotopic (exact) mass is 1530 g/mol. The number of carbonyl (C=O) groups excluding carboxylic acids is 4. The molecule has 18 nitrogen and oxygen atoms in total. The van der Waals surface area contributed by atoms with Crippen molar-refractivity contribution in [3.8, 4) is 17.2 Å². The molecule has 7 aliphatic rings. The fourth-order valence-electron chi connectivity index (χ4n) is 15.3. The molecule has 0 aromatic heterocycles. The second-order valence-electron chi connectivity index (χ2n) is 27.1. The molecule has 23 heteroatoms. The normalized spacial score (nSPS) is 23.5. The number of esters is 4. The van der Waals surface area contributed by atoms with Gasteiger partial charge < -0.3 is 37.9 Å². The van der Waals surface area contributed by atoms with Crippen LogP contribution in [0.1, 0.15) is 59.1 Å². The number of fused-ring (bicyclic) bond motifs is 2. The van der Waals surface area contributed by atoms with Gasteiger partial charge >= 0.3 is 23.9 Å². The minimum absolute atomic E-state index is 0.0397. The van der Waals surface area contributed by atoms with Gasteiger partial charge in [-0.25, -0.2) is 19.2 Å². The first-order valence-corrected chi connectivity index (χ1v) is 41.8. The Hall–Kier alpha value is -8.91. The number of aryl methyl sites for hydroxylation is 6. The lowest BCUT2D eigenvalue weighted by molar-refractivity contribution is -0.161. The smallest absolute Gasteiger partial charge is 0.347 e. The van der Waals surface area contributed by atoms with Crippen LogP contribution in [0.15, 0.2) is 262 Å². The van der Waals surface area contributed by atoms with Crippen LogP contribution < -0.4 is 14.2 Å². The Balaban J connectivity index is 0.000000134. The standard InChI is InChI=1S/C29H29O6S2.C28H27O7S2.C26H25O5S/c1-18-13-23(36(21-9-5-3-6-10-21)22-11-7-4-8-12-22)14-19(2)27(18)33-17-26(30)34-28-20-15-24-25(16-20)37(31,32)35-29(24)28;1-17-13-21(36(19-9-5-3-6-10-19)20-11-7-4-8-12-20)14-18(2)25(17)32-16-24(29)34-26-22-15-23-27(33-22)28(26)35-37(23,30)31;1-18-15-22(32(20-9-5-3-6-10-20)21-11-7-4-8-12-21)16-19(2)25(18)30-17-24(27)31-23-13-14-29-26(23)28/h3-14,20,24-25,28-29H,15-17H2,1-2H3;3-14,22-23,26-28H,15-16H2,1-2H3;3-12,15-16,23H,13-14,17H2,1-2H3/q3*+1. The summed E-state index contributed by atoms with van der Waals surface area (Å²) in [6.07, 6.45) is -2.50. The van der Waals surface area contributed by atoms with E-state index >= 15 is 0 Å². The summed E-state index contributed by atoms with van der Waals surface area (Å²) in [6.45, 7) is 11.4. The molecule has 5 heterocycles. The van der Waals surface area contributed by atoms with E-state index in [0.29, 0.717) is 30.1 Å². The maximum atomic E-state index is 12.7. The topological polar surface area (TPSA) is 229 Å². The molecular formula is C83H81O18S5+3. The predicted molar refractivity (Wildman–Crippen MR) is 399 cm³/mol. The lowest BCUT2D eigenvalue weighted by Crippen LogP contribution is -2.42. The van der Waals surface area contributed by atoms with Gasteiger partial charge in [-0.3, -0.25) is 8.37 Å². The molecular weight excluding hydrogens is 1450 g/mol. The maximum Gasteiger partial charge on any atom is 0.347 e. The Labute approximate surface area is 626 Å². The molecule has 2 saturated carbocycles. The minimum Gasteiger partial charge on any atom is -0.481 e. The van der Waals surface area contributed by atoms with Gasteiger partial charge in [0.2, 0.25) is 6.10 Å². The van der Waals surface area contributed by atoms with Crippen molar-refractivity contribution in [1.29, 1.82) is 0 Å². The fourth-order valence-corrected chi connectivity index (χ4v) is 25.6. The van der Waals surface area contributed by atoms with E-state index in [1.165, 1.54) is 39.2 Å². The Bertz CT molecular complexity index is 4520. The Morgan fingerprint density at radius 3 is 1.08 bits per heavy atom. The quantitative estimate of drug-likeness (QED) is 0.0282. The van der Waals surface area contributed by atoms with Gasteiger partial charge in [0.1, 0.15) is 46.9 Å². The largest absolute Gasteiger partial charge is 0.481 e. The van der Waals surface area contributed by atoms with Crippen LogP contribution in [-0.4, -0.2) is 120 Å². The van der Waals surface area contributed by atoms with Crippen molar-refractivity contribution in [2.45, 2.75) is 165 Å². The molecule has 5 aliphatic heterocycles. The number of benzene rings is 9. The van der Waals surface area contributed by atoms with E-state index in [9.17, 15) is 36.0 Å². The second-order valence-corrected chi connectivity index (χ2v) is 36.8. The number of hydrogen-bond donors (Lipinski definition) is 0. The van der Waals surface area contributed by atoms with E-state index < -0.39 is 97.3 Å². The number of hydrogen-bond acceptors (Lipinski definition) is 18. The third-order valence-corrected chi connectivity index (χ3v) is 29.8. The number of rotatable bonds is 21. The number of cyclic esters (lactones) is 1. The summed E-state index contributed by atoms with van der Waals surface area (Å²) in [5, 5.41) is -1.09. The third kappa shape index (κ3) is 15.9. The van der Waals surface area contributed by atoms with E-state index in [-0.39, 0.29) is 77.4 Å². The first-order chi connectivity index (χ1) is 51.2.